The highest BCUT2D eigenvalue weighted by Gasteiger charge is 2.31. The van der Waals surface area contributed by atoms with Crippen molar-refractivity contribution >= 4 is 28.9 Å². The van der Waals surface area contributed by atoms with Gasteiger partial charge in [0.25, 0.3) is 5.91 Å². The number of carbonyl (C=O) groups is 1. The molecule has 0 spiro atoms. The highest BCUT2D eigenvalue weighted by atomic mass is 16.5. The van der Waals surface area contributed by atoms with Gasteiger partial charge in [-0.1, -0.05) is 37.3 Å². The molecule has 0 bridgehead atoms. The Kier molecular flexibility index (Phi) is 4.76. The second kappa shape index (κ2) is 7.34. The first-order valence-corrected chi connectivity index (χ1v) is 9.33. The summed E-state index contributed by atoms with van der Waals surface area (Å²) in [7, 11) is 0. The van der Waals surface area contributed by atoms with Gasteiger partial charge in [0.05, 0.1) is 18.9 Å². The number of ether oxygens (including phenoxy) is 1. The first-order chi connectivity index (χ1) is 12.8. The molecular weight excluding hydrogens is 324 g/mol. The molecule has 0 unspecified atom stereocenters. The van der Waals surface area contributed by atoms with Crippen molar-refractivity contribution in [3.8, 4) is 0 Å². The molecule has 0 N–H and O–H groups in total. The number of rotatable bonds is 4. The number of hydrogen-bond acceptors (Lipinski definition) is 3. The SMILES string of the molecule is CCCN1C(=O)/C(=C\c2ccc(N3CCOCC3)cc2)c2ccccc21. The van der Waals surface area contributed by atoms with Gasteiger partial charge in [-0.25, -0.2) is 0 Å². The average Bonchev–Trinajstić information content (AvgIpc) is 2.96. The topological polar surface area (TPSA) is 32.8 Å². The Balaban J connectivity index is 1.62. The van der Waals surface area contributed by atoms with Gasteiger partial charge in [0.15, 0.2) is 0 Å². The quantitative estimate of drug-likeness (QED) is 0.788. The molecule has 2 heterocycles. The molecule has 2 aliphatic heterocycles. The Morgan fingerprint density at radius 1 is 1.04 bits per heavy atom. The summed E-state index contributed by atoms with van der Waals surface area (Å²) in [6.45, 7) is 6.27. The van der Waals surface area contributed by atoms with E-state index in [0.29, 0.717) is 0 Å². The number of carbonyl (C=O) groups excluding carboxylic acids is 1. The van der Waals surface area contributed by atoms with Crippen molar-refractivity contribution in [1.29, 1.82) is 0 Å². The van der Waals surface area contributed by atoms with Crippen LogP contribution in [0.2, 0.25) is 0 Å². The number of hydrogen-bond donors (Lipinski definition) is 0. The van der Waals surface area contributed by atoms with E-state index in [4.69, 9.17) is 4.74 Å². The van der Waals surface area contributed by atoms with E-state index < -0.39 is 0 Å². The van der Waals surface area contributed by atoms with Gasteiger partial charge in [0, 0.05) is 36.5 Å². The van der Waals surface area contributed by atoms with Crippen molar-refractivity contribution < 1.29 is 9.53 Å². The van der Waals surface area contributed by atoms with Crippen molar-refractivity contribution in [3.63, 3.8) is 0 Å². The molecule has 0 aromatic heterocycles. The van der Waals surface area contributed by atoms with Crippen LogP contribution in [0.3, 0.4) is 0 Å². The maximum atomic E-state index is 12.9. The summed E-state index contributed by atoms with van der Waals surface area (Å²) >= 11 is 0. The molecule has 26 heavy (non-hydrogen) atoms. The van der Waals surface area contributed by atoms with Crippen molar-refractivity contribution in [2.24, 2.45) is 0 Å². The van der Waals surface area contributed by atoms with E-state index in [0.717, 1.165) is 61.7 Å². The summed E-state index contributed by atoms with van der Waals surface area (Å²) in [5.74, 6) is 0.102. The van der Waals surface area contributed by atoms with Crippen LogP contribution in [0.15, 0.2) is 48.5 Å². The lowest BCUT2D eigenvalue weighted by atomic mass is 10.0. The monoisotopic (exact) mass is 348 g/mol. The van der Waals surface area contributed by atoms with Gasteiger partial charge in [-0.2, -0.15) is 0 Å². The van der Waals surface area contributed by atoms with E-state index in [9.17, 15) is 4.79 Å². The molecule has 4 heteroatoms. The zero-order chi connectivity index (χ0) is 17.9. The number of anilines is 2. The minimum Gasteiger partial charge on any atom is -0.378 e. The first-order valence-electron chi connectivity index (χ1n) is 9.33. The molecule has 0 atom stereocenters. The van der Waals surface area contributed by atoms with Crippen LogP contribution in [0.5, 0.6) is 0 Å². The van der Waals surface area contributed by atoms with Crippen LogP contribution in [-0.4, -0.2) is 38.8 Å². The lowest BCUT2D eigenvalue weighted by Crippen LogP contribution is -2.36. The fourth-order valence-corrected chi connectivity index (χ4v) is 3.66. The normalized spacial score (nSPS) is 18.5. The van der Waals surface area contributed by atoms with Crippen LogP contribution in [0, 0.1) is 0 Å². The van der Waals surface area contributed by atoms with Gasteiger partial charge in [-0.05, 0) is 36.3 Å². The van der Waals surface area contributed by atoms with E-state index in [2.05, 4.69) is 36.1 Å². The molecule has 4 nitrogen and oxygen atoms in total. The van der Waals surface area contributed by atoms with E-state index in [1.54, 1.807) is 0 Å². The number of amides is 1. The van der Waals surface area contributed by atoms with E-state index in [-0.39, 0.29) is 5.91 Å². The van der Waals surface area contributed by atoms with Gasteiger partial charge >= 0.3 is 0 Å². The Labute approximate surface area is 154 Å². The van der Waals surface area contributed by atoms with Crippen LogP contribution in [0.1, 0.15) is 24.5 Å². The number of morpholine rings is 1. The van der Waals surface area contributed by atoms with Crippen LogP contribution in [0.4, 0.5) is 11.4 Å². The predicted octanol–water partition coefficient (Wildman–Crippen LogP) is 3.82. The van der Waals surface area contributed by atoms with E-state index in [1.165, 1.54) is 5.69 Å². The highest BCUT2D eigenvalue weighted by molar-refractivity contribution is 6.35. The first kappa shape index (κ1) is 16.9. The molecule has 1 saturated heterocycles. The van der Waals surface area contributed by atoms with E-state index >= 15 is 0 Å². The summed E-state index contributed by atoms with van der Waals surface area (Å²) in [4.78, 5) is 17.1. The molecule has 0 radical (unpaired) electrons. The Bertz CT molecular complexity index is 820. The third kappa shape index (κ3) is 3.13. The summed E-state index contributed by atoms with van der Waals surface area (Å²) in [6.07, 6.45) is 2.96. The van der Waals surface area contributed by atoms with Crippen molar-refractivity contribution in [2.45, 2.75) is 13.3 Å². The van der Waals surface area contributed by atoms with Crippen LogP contribution < -0.4 is 9.80 Å². The largest absolute Gasteiger partial charge is 0.378 e. The fraction of sp³-hybridized carbons (Fsp3) is 0.318. The van der Waals surface area contributed by atoms with Crippen LogP contribution in [0.25, 0.3) is 11.6 Å². The van der Waals surface area contributed by atoms with Crippen LogP contribution in [-0.2, 0) is 9.53 Å². The molecule has 1 fully saturated rings. The average molecular weight is 348 g/mol. The van der Waals surface area contributed by atoms with Crippen LogP contribution >= 0.6 is 0 Å². The third-order valence-corrected chi connectivity index (χ3v) is 4.99. The molecule has 134 valence electrons. The molecule has 2 aliphatic rings. The Morgan fingerprint density at radius 3 is 2.50 bits per heavy atom. The molecule has 0 aliphatic carbocycles. The highest BCUT2D eigenvalue weighted by Crippen LogP contribution is 2.37. The van der Waals surface area contributed by atoms with Gasteiger partial charge in [0.1, 0.15) is 0 Å². The minimum absolute atomic E-state index is 0.102. The Morgan fingerprint density at radius 2 is 1.77 bits per heavy atom. The number of para-hydroxylation sites is 1. The fourth-order valence-electron chi connectivity index (χ4n) is 3.66. The third-order valence-electron chi connectivity index (χ3n) is 4.99. The maximum Gasteiger partial charge on any atom is 0.258 e. The molecular formula is C22H24N2O2. The van der Waals surface area contributed by atoms with Crippen molar-refractivity contribution in [1.82, 2.24) is 0 Å². The van der Waals surface area contributed by atoms with E-state index in [1.807, 2.05) is 35.2 Å². The van der Waals surface area contributed by atoms with Gasteiger partial charge in [-0.3, -0.25) is 4.79 Å². The smallest absolute Gasteiger partial charge is 0.258 e. The number of fused-ring (bicyclic) bond motifs is 1. The molecule has 4 rings (SSSR count). The minimum atomic E-state index is 0.102. The number of benzene rings is 2. The zero-order valence-corrected chi connectivity index (χ0v) is 15.1. The summed E-state index contributed by atoms with van der Waals surface area (Å²) in [6, 6.07) is 16.5. The predicted molar refractivity (Wildman–Crippen MR) is 106 cm³/mol. The molecule has 0 saturated carbocycles. The van der Waals surface area contributed by atoms with Gasteiger partial charge < -0.3 is 14.5 Å². The molecule has 1 amide bonds. The van der Waals surface area contributed by atoms with Crippen molar-refractivity contribution in [2.75, 3.05) is 42.6 Å². The van der Waals surface area contributed by atoms with Crippen molar-refractivity contribution in [3.05, 3.63) is 59.7 Å². The Hall–Kier alpha value is -2.59. The zero-order valence-electron chi connectivity index (χ0n) is 15.1. The summed E-state index contributed by atoms with van der Waals surface area (Å²) < 4.78 is 5.42. The standard InChI is InChI=1S/C22H24N2O2/c1-2-11-24-21-6-4-3-5-19(21)20(22(24)25)16-17-7-9-18(10-8-17)23-12-14-26-15-13-23/h3-10,16H,2,11-15H2,1H3/b20-16-. The second-order valence-electron chi connectivity index (χ2n) is 6.72. The molecule has 2 aromatic rings. The second-order valence-corrected chi connectivity index (χ2v) is 6.72. The maximum absolute atomic E-state index is 12.9. The lowest BCUT2D eigenvalue weighted by Gasteiger charge is -2.28. The van der Waals surface area contributed by atoms with Gasteiger partial charge in [-0.15, -0.1) is 0 Å². The van der Waals surface area contributed by atoms with Gasteiger partial charge in [0.2, 0.25) is 0 Å². The molecule has 2 aromatic carbocycles. The summed E-state index contributed by atoms with van der Waals surface area (Å²) in [5.41, 5.74) is 5.10. The lowest BCUT2D eigenvalue weighted by molar-refractivity contribution is -0.113. The summed E-state index contributed by atoms with van der Waals surface area (Å²) in [5, 5.41) is 0. The number of nitrogens with zero attached hydrogens (tertiary/aromatic N) is 2.